The van der Waals surface area contributed by atoms with Gasteiger partial charge in [0.05, 0.1) is 19.0 Å². The molecular weight excluding hydrogens is 474 g/mol. The van der Waals surface area contributed by atoms with Crippen LogP contribution in [0.25, 0.3) is 16.9 Å². The Labute approximate surface area is 213 Å². The fraction of sp³-hybridized carbons (Fsp3) is 0.296. The SMILES string of the molecule is COc1ccccc1Oc1ccc(-c2[nH]c3c(C4CN(C(=O)OC(C)(C)C)C4)cnn3c2C(N)=O)cc1. The number of H-pyrrole nitrogens is 1. The third kappa shape index (κ3) is 4.69. The van der Waals surface area contributed by atoms with Gasteiger partial charge >= 0.3 is 6.09 Å². The van der Waals surface area contributed by atoms with Gasteiger partial charge in [0.1, 0.15) is 17.0 Å². The molecule has 0 radical (unpaired) electrons. The molecule has 192 valence electrons. The Hall–Kier alpha value is -4.47. The van der Waals surface area contributed by atoms with Crippen LogP contribution in [0.5, 0.6) is 17.2 Å². The Morgan fingerprint density at radius 2 is 1.73 bits per heavy atom. The molecule has 5 rings (SSSR count). The fourth-order valence-electron chi connectivity index (χ4n) is 4.35. The summed E-state index contributed by atoms with van der Waals surface area (Å²) in [5.74, 6) is 1.30. The number of hydrogen-bond acceptors (Lipinski definition) is 6. The summed E-state index contributed by atoms with van der Waals surface area (Å²) in [4.78, 5) is 29.7. The molecule has 1 fully saturated rings. The number of nitrogens with zero attached hydrogens (tertiary/aromatic N) is 3. The number of aromatic amines is 1. The number of carbonyl (C=O) groups is 2. The Morgan fingerprint density at radius 1 is 1.05 bits per heavy atom. The molecule has 4 aromatic rings. The Balaban J connectivity index is 1.39. The zero-order valence-electron chi connectivity index (χ0n) is 21.1. The minimum atomic E-state index is -0.603. The van der Waals surface area contributed by atoms with Gasteiger partial charge in [-0.25, -0.2) is 9.31 Å². The maximum Gasteiger partial charge on any atom is 0.410 e. The highest BCUT2D eigenvalue weighted by Gasteiger charge is 2.37. The maximum absolute atomic E-state index is 12.4. The van der Waals surface area contributed by atoms with E-state index in [2.05, 4.69) is 10.1 Å². The van der Waals surface area contributed by atoms with E-state index in [1.54, 1.807) is 18.2 Å². The number of carbonyl (C=O) groups excluding carboxylic acids is 2. The van der Waals surface area contributed by atoms with E-state index in [-0.39, 0.29) is 17.7 Å². The van der Waals surface area contributed by atoms with E-state index in [0.717, 1.165) is 11.1 Å². The summed E-state index contributed by atoms with van der Waals surface area (Å²) in [5.41, 5.74) is 8.34. The molecule has 10 nitrogen and oxygen atoms in total. The molecule has 3 heterocycles. The van der Waals surface area contributed by atoms with E-state index in [4.69, 9.17) is 19.9 Å². The molecule has 0 bridgehead atoms. The minimum Gasteiger partial charge on any atom is -0.493 e. The first-order valence-electron chi connectivity index (χ1n) is 11.9. The summed E-state index contributed by atoms with van der Waals surface area (Å²) in [7, 11) is 1.59. The average Bonchev–Trinajstić information content (AvgIpc) is 3.38. The maximum atomic E-state index is 12.4. The first-order chi connectivity index (χ1) is 17.6. The number of aromatic nitrogens is 3. The van der Waals surface area contributed by atoms with Crippen molar-refractivity contribution >= 4 is 17.6 Å². The number of fused-ring (bicyclic) bond motifs is 1. The van der Waals surface area contributed by atoms with Gasteiger partial charge in [-0.05, 0) is 57.2 Å². The van der Waals surface area contributed by atoms with Gasteiger partial charge in [-0.3, -0.25) is 4.79 Å². The van der Waals surface area contributed by atoms with Crippen LogP contribution in [0.4, 0.5) is 4.79 Å². The van der Waals surface area contributed by atoms with E-state index in [9.17, 15) is 9.59 Å². The summed E-state index contributed by atoms with van der Waals surface area (Å²) in [6, 6.07) is 14.7. The number of imidazole rings is 1. The van der Waals surface area contributed by atoms with Crippen molar-refractivity contribution in [3.05, 3.63) is 66.0 Å². The second-order valence-corrected chi connectivity index (χ2v) is 9.93. The molecule has 0 atom stereocenters. The smallest absolute Gasteiger partial charge is 0.410 e. The van der Waals surface area contributed by atoms with Crippen LogP contribution in [-0.4, -0.2) is 57.3 Å². The second-order valence-electron chi connectivity index (χ2n) is 9.93. The van der Waals surface area contributed by atoms with Crippen molar-refractivity contribution in [2.24, 2.45) is 5.73 Å². The van der Waals surface area contributed by atoms with Crippen molar-refractivity contribution in [1.29, 1.82) is 0 Å². The second kappa shape index (κ2) is 9.20. The van der Waals surface area contributed by atoms with Gasteiger partial charge in [0.25, 0.3) is 5.91 Å². The normalized spacial score (nSPS) is 13.9. The molecule has 0 saturated carbocycles. The molecule has 1 aliphatic rings. The lowest BCUT2D eigenvalue weighted by molar-refractivity contribution is 0.00827. The number of methoxy groups -OCH3 is 1. The summed E-state index contributed by atoms with van der Waals surface area (Å²) < 4.78 is 18.3. The van der Waals surface area contributed by atoms with Crippen molar-refractivity contribution in [2.75, 3.05) is 20.2 Å². The predicted molar refractivity (Wildman–Crippen MR) is 137 cm³/mol. The molecule has 1 aliphatic heterocycles. The van der Waals surface area contributed by atoms with Crippen LogP contribution in [0.1, 0.15) is 42.7 Å². The van der Waals surface area contributed by atoms with Gasteiger partial charge in [0, 0.05) is 30.1 Å². The predicted octanol–water partition coefficient (Wildman–Crippen LogP) is 4.56. The highest BCUT2D eigenvalue weighted by Crippen LogP contribution is 2.35. The largest absolute Gasteiger partial charge is 0.493 e. The first kappa shape index (κ1) is 24.2. The number of nitrogens with one attached hydrogen (secondary N) is 1. The van der Waals surface area contributed by atoms with Gasteiger partial charge in [0.15, 0.2) is 17.2 Å². The molecule has 2 amide bonds. The number of likely N-dealkylation sites (tertiary alicyclic amines) is 1. The molecule has 1 saturated heterocycles. The summed E-state index contributed by atoms with van der Waals surface area (Å²) in [6.45, 7) is 6.53. The van der Waals surface area contributed by atoms with Gasteiger partial charge < -0.3 is 29.8 Å². The summed E-state index contributed by atoms with van der Waals surface area (Å²) in [5, 5.41) is 4.42. The first-order valence-corrected chi connectivity index (χ1v) is 11.9. The zero-order valence-corrected chi connectivity index (χ0v) is 21.1. The van der Waals surface area contributed by atoms with Crippen molar-refractivity contribution in [3.63, 3.8) is 0 Å². The number of nitrogens with two attached hydrogens (primary N) is 1. The van der Waals surface area contributed by atoms with Gasteiger partial charge in [-0.1, -0.05) is 12.1 Å². The fourth-order valence-corrected chi connectivity index (χ4v) is 4.35. The van der Waals surface area contributed by atoms with Crippen LogP contribution in [-0.2, 0) is 4.74 Å². The van der Waals surface area contributed by atoms with Gasteiger partial charge in [-0.15, -0.1) is 0 Å². The molecule has 0 aliphatic carbocycles. The van der Waals surface area contributed by atoms with E-state index in [0.29, 0.717) is 41.7 Å². The highest BCUT2D eigenvalue weighted by atomic mass is 16.6. The number of primary amides is 1. The number of amides is 2. The van der Waals surface area contributed by atoms with Crippen LogP contribution in [0.3, 0.4) is 0 Å². The molecule has 37 heavy (non-hydrogen) atoms. The average molecular weight is 504 g/mol. The molecule has 2 aromatic heterocycles. The van der Waals surface area contributed by atoms with Crippen LogP contribution in [0.15, 0.2) is 54.7 Å². The summed E-state index contributed by atoms with van der Waals surface area (Å²) in [6.07, 6.45) is 1.37. The Bertz CT molecular complexity index is 1460. The van der Waals surface area contributed by atoms with Crippen LogP contribution in [0.2, 0.25) is 0 Å². The number of para-hydroxylation sites is 2. The van der Waals surface area contributed by atoms with Crippen LogP contribution >= 0.6 is 0 Å². The van der Waals surface area contributed by atoms with Gasteiger partial charge in [0.2, 0.25) is 0 Å². The summed E-state index contributed by atoms with van der Waals surface area (Å²) >= 11 is 0. The zero-order chi connectivity index (χ0) is 26.3. The lowest BCUT2D eigenvalue weighted by atomic mass is 9.94. The molecule has 0 spiro atoms. The molecular formula is C27H29N5O5. The molecule has 0 unspecified atom stereocenters. The quantitative estimate of drug-likeness (QED) is 0.397. The van der Waals surface area contributed by atoms with E-state index >= 15 is 0 Å². The lowest BCUT2D eigenvalue weighted by Crippen LogP contribution is -2.50. The topological polar surface area (TPSA) is 124 Å². The van der Waals surface area contributed by atoms with Crippen LogP contribution < -0.4 is 15.2 Å². The van der Waals surface area contributed by atoms with Gasteiger partial charge in [-0.2, -0.15) is 5.10 Å². The van der Waals surface area contributed by atoms with Crippen molar-refractivity contribution in [3.8, 4) is 28.5 Å². The third-order valence-corrected chi connectivity index (χ3v) is 6.14. The van der Waals surface area contributed by atoms with Crippen LogP contribution in [0, 0.1) is 0 Å². The highest BCUT2D eigenvalue weighted by molar-refractivity contribution is 5.98. The molecule has 2 aromatic carbocycles. The van der Waals surface area contributed by atoms with Crippen molar-refractivity contribution in [1.82, 2.24) is 19.5 Å². The number of ether oxygens (including phenoxy) is 3. The minimum absolute atomic E-state index is 0.0638. The third-order valence-electron chi connectivity index (χ3n) is 6.14. The van der Waals surface area contributed by atoms with E-state index in [1.165, 1.54) is 4.52 Å². The van der Waals surface area contributed by atoms with Crippen molar-refractivity contribution in [2.45, 2.75) is 32.3 Å². The Kier molecular flexibility index (Phi) is 6.02. The number of benzene rings is 2. The van der Waals surface area contributed by atoms with Crippen molar-refractivity contribution < 1.29 is 23.8 Å². The Morgan fingerprint density at radius 3 is 2.35 bits per heavy atom. The standard InChI is InChI=1S/C27H29N5O5/c1-27(2,3)37-26(34)31-14-17(15-31)19-13-29-32-23(24(28)33)22(30-25(19)32)16-9-11-18(12-10-16)36-21-8-6-5-7-20(21)35-4/h5-13,17,30H,14-15H2,1-4H3,(H2,28,33). The number of hydrogen-bond donors (Lipinski definition) is 2. The van der Waals surface area contributed by atoms with E-state index < -0.39 is 11.5 Å². The molecule has 10 heteroatoms. The monoisotopic (exact) mass is 503 g/mol. The molecule has 3 N–H and O–H groups in total. The number of rotatable bonds is 6. The van der Waals surface area contributed by atoms with E-state index in [1.807, 2.05) is 69.3 Å². The lowest BCUT2D eigenvalue weighted by Gasteiger charge is -2.39.